The summed E-state index contributed by atoms with van der Waals surface area (Å²) in [4.78, 5) is 13.6. The predicted molar refractivity (Wildman–Crippen MR) is 62.9 cm³/mol. The molecule has 2 nitrogen and oxygen atoms in total. The largest absolute Gasteiger partial charge is 0.370 e. The Morgan fingerprint density at radius 2 is 1.81 bits per heavy atom. The van der Waals surface area contributed by atoms with Gasteiger partial charge in [0.2, 0.25) is 0 Å². The van der Waals surface area contributed by atoms with Gasteiger partial charge in [-0.2, -0.15) is 0 Å². The number of hydrogen-bond donors (Lipinski definition) is 0. The maximum absolute atomic E-state index is 11.2. The fraction of sp³-hybridized carbons (Fsp3) is 0.357. The van der Waals surface area contributed by atoms with E-state index in [9.17, 15) is 4.79 Å². The van der Waals surface area contributed by atoms with E-state index in [2.05, 4.69) is 29.2 Å². The second-order valence-corrected chi connectivity index (χ2v) is 4.54. The summed E-state index contributed by atoms with van der Waals surface area (Å²) in [5.41, 5.74) is 4.11. The summed E-state index contributed by atoms with van der Waals surface area (Å²) in [6, 6.07) is 8.60. The minimum atomic E-state index is 0.286. The second kappa shape index (κ2) is 3.78. The van der Waals surface area contributed by atoms with Crippen LogP contribution in [0.15, 0.2) is 36.0 Å². The van der Waals surface area contributed by atoms with Crippen molar-refractivity contribution in [1.29, 1.82) is 0 Å². The van der Waals surface area contributed by atoms with Crippen LogP contribution in [-0.4, -0.2) is 17.2 Å². The highest BCUT2D eigenvalue weighted by molar-refractivity contribution is 5.92. The number of hydrogen-bond acceptors (Lipinski definition) is 2. The summed E-state index contributed by atoms with van der Waals surface area (Å²) in [6.07, 6.45) is 4.56. The van der Waals surface area contributed by atoms with Crippen molar-refractivity contribution in [2.24, 2.45) is 0 Å². The number of allylic oxidation sites excluding steroid dienone is 2. The van der Waals surface area contributed by atoms with E-state index in [0.717, 1.165) is 25.9 Å². The van der Waals surface area contributed by atoms with E-state index in [4.69, 9.17) is 0 Å². The minimum Gasteiger partial charge on any atom is -0.370 e. The van der Waals surface area contributed by atoms with Crippen LogP contribution in [0.5, 0.6) is 0 Å². The van der Waals surface area contributed by atoms with Gasteiger partial charge in [0.15, 0.2) is 5.78 Å². The van der Waals surface area contributed by atoms with Crippen LogP contribution in [0.1, 0.15) is 24.0 Å². The van der Waals surface area contributed by atoms with Crippen molar-refractivity contribution in [3.05, 3.63) is 47.2 Å². The van der Waals surface area contributed by atoms with Crippen molar-refractivity contribution < 1.29 is 4.79 Å². The van der Waals surface area contributed by atoms with Crippen LogP contribution in [-0.2, 0) is 17.8 Å². The van der Waals surface area contributed by atoms with E-state index >= 15 is 0 Å². The third-order valence-electron chi connectivity index (χ3n) is 3.49. The van der Waals surface area contributed by atoms with Crippen molar-refractivity contribution in [2.45, 2.75) is 25.8 Å². The van der Waals surface area contributed by atoms with Gasteiger partial charge in [-0.05, 0) is 24.0 Å². The molecule has 1 aliphatic heterocycles. The smallest absolute Gasteiger partial charge is 0.157 e. The van der Waals surface area contributed by atoms with E-state index in [1.807, 2.05) is 6.08 Å². The van der Waals surface area contributed by atoms with Gasteiger partial charge in [0.05, 0.1) is 0 Å². The number of benzene rings is 1. The molecule has 16 heavy (non-hydrogen) atoms. The molecular weight excluding hydrogens is 198 g/mol. The van der Waals surface area contributed by atoms with Crippen LogP contribution in [0.25, 0.3) is 0 Å². The first-order valence-electron chi connectivity index (χ1n) is 5.88. The Morgan fingerprint density at radius 1 is 1.00 bits per heavy atom. The molecule has 1 aliphatic carbocycles. The zero-order valence-electron chi connectivity index (χ0n) is 9.28. The molecule has 1 aromatic carbocycles. The molecule has 0 unspecified atom stereocenters. The average molecular weight is 213 g/mol. The lowest BCUT2D eigenvalue weighted by atomic mass is 9.99. The quantitative estimate of drug-likeness (QED) is 0.713. The molecule has 1 aromatic rings. The van der Waals surface area contributed by atoms with Crippen molar-refractivity contribution >= 4 is 5.78 Å². The van der Waals surface area contributed by atoms with Gasteiger partial charge in [-0.15, -0.1) is 0 Å². The standard InChI is InChI=1S/C14H15NO/c16-14-6-5-13(9-14)15-8-7-11-3-1-2-4-12(11)10-15/h1-4,9H,5-8,10H2. The van der Waals surface area contributed by atoms with Crippen molar-refractivity contribution in [2.75, 3.05) is 6.54 Å². The van der Waals surface area contributed by atoms with Crippen LogP contribution in [0, 0.1) is 0 Å². The van der Waals surface area contributed by atoms with E-state index in [-0.39, 0.29) is 5.78 Å². The van der Waals surface area contributed by atoms with Gasteiger partial charge in [0.1, 0.15) is 0 Å². The first-order valence-corrected chi connectivity index (χ1v) is 5.88. The predicted octanol–water partition coefficient (Wildman–Crippen LogP) is 2.29. The van der Waals surface area contributed by atoms with E-state index in [1.165, 1.54) is 16.8 Å². The van der Waals surface area contributed by atoms with Gasteiger partial charge in [0, 0.05) is 31.3 Å². The summed E-state index contributed by atoms with van der Waals surface area (Å²) in [5, 5.41) is 0. The van der Waals surface area contributed by atoms with Gasteiger partial charge in [-0.1, -0.05) is 24.3 Å². The summed E-state index contributed by atoms with van der Waals surface area (Å²) < 4.78 is 0. The lowest BCUT2D eigenvalue weighted by molar-refractivity contribution is -0.114. The second-order valence-electron chi connectivity index (χ2n) is 4.54. The molecule has 0 fully saturated rings. The molecule has 0 atom stereocenters. The first-order chi connectivity index (χ1) is 7.83. The van der Waals surface area contributed by atoms with Crippen LogP contribution in [0.3, 0.4) is 0 Å². The van der Waals surface area contributed by atoms with Gasteiger partial charge in [0.25, 0.3) is 0 Å². The number of fused-ring (bicyclic) bond motifs is 1. The third kappa shape index (κ3) is 1.64. The number of carbonyl (C=O) groups is 1. The van der Waals surface area contributed by atoms with Gasteiger partial charge in [-0.25, -0.2) is 0 Å². The molecule has 2 aliphatic rings. The molecule has 3 rings (SSSR count). The molecule has 0 saturated carbocycles. The first kappa shape index (κ1) is 9.64. The molecule has 0 aromatic heterocycles. The molecule has 0 saturated heterocycles. The molecule has 0 radical (unpaired) electrons. The Morgan fingerprint density at radius 3 is 2.56 bits per heavy atom. The van der Waals surface area contributed by atoms with E-state index in [0.29, 0.717) is 6.42 Å². The lowest BCUT2D eigenvalue weighted by Crippen LogP contribution is -2.29. The van der Waals surface area contributed by atoms with E-state index in [1.54, 1.807) is 0 Å². The monoisotopic (exact) mass is 213 g/mol. The minimum absolute atomic E-state index is 0.286. The lowest BCUT2D eigenvalue weighted by Gasteiger charge is -2.31. The highest BCUT2D eigenvalue weighted by Crippen LogP contribution is 2.26. The summed E-state index contributed by atoms with van der Waals surface area (Å²) in [6.45, 7) is 2.02. The molecule has 1 heterocycles. The van der Waals surface area contributed by atoms with E-state index < -0.39 is 0 Å². The Kier molecular flexibility index (Phi) is 2.28. The van der Waals surface area contributed by atoms with Crippen LogP contribution in [0.2, 0.25) is 0 Å². The average Bonchev–Trinajstić information content (AvgIpc) is 2.75. The zero-order valence-corrected chi connectivity index (χ0v) is 9.28. The topological polar surface area (TPSA) is 20.3 Å². The van der Waals surface area contributed by atoms with Gasteiger partial charge in [-0.3, -0.25) is 4.79 Å². The SMILES string of the molecule is O=C1C=C(N2CCc3ccccc3C2)CC1. The molecule has 2 heteroatoms. The summed E-state index contributed by atoms with van der Waals surface area (Å²) in [7, 11) is 0. The summed E-state index contributed by atoms with van der Waals surface area (Å²) in [5.74, 6) is 0.286. The molecule has 0 spiro atoms. The maximum Gasteiger partial charge on any atom is 0.157 e. The Labute approximate surface area is 95.6 Å². The molecule has 0 N–H and O–H groups in total. The fourth-order valence-electron chi connectivity index (χ4n) is 2.57. The van der Waals surface area contributed by atoms with Crippen molar-refractivity contribution in [3.8, 4) is 0 Å². The van der Waals surface area contributed by atoms with Crippen LogP contribution in [0.4, 0.5) is 0 Å². The Hall–Kier alpha value is -1.57. The van der Waals surface area contributed by atoms with Crippen LogP contribution >= 0.6 is 0 Å². The van der Waals surface area contributed by atoms with Crippen molar-refractivity contribution in [1.82, 2.24) is 4.90 Å². The molecule has 0 amide bonds. The third-order valence-corrected chi connectivity index (χ3v) is 3.49. The Bertz CT molecular complexity index is 462. The summed E-state index contributed by atoms with van der Waals surface area (Å²) >= 11 is 0. The highest BCUT2D eigenvalue weighted by Gasteiger charge is 2.21. The normalized spacial score (nSPS) is 19.6. The molecule has 0 bridgehead atoms. The number of nitrogens with zero attached hydrogens (tertiary/aromatic N) is 1. The number of rotatable bonds is 1. The molecular formula is C14H15NO. The number of ketones is 1. The van der Waals surface area contributed by atoms with Gasteiger partial charge >= 0.3 is 0 Å². The number of carbonyl (C=O) groups excluding carboxylic acids is 1. The maximum atomic E-state index is 11.2. The zero-order chi connectivity index (χ0) is 11.0. The fourth-order valence-corrected chi connectivity index (χ4v) is 2.57. The molecule has 82 valence electrons. The Balaban J connectivity index is 1.83. The highest BCUT2D eigenvalue weighted by atomic mass is 16.1. The van der Waals surface area contributed by atoms with Crippen LogP contribution < -0.4 is 0 Å². The van der Waals surface area contributed by atoms with Gasteiger partial charge < -0.3 is 4.90 Å². The van der Waals surface area contributed by atoms with Crippen molar-refractivity contribution in [3.63, 3.8) is 0 Å².